The Labute approximate surface area is 133 Å². The lowest BCUT2D eigenvalue weighted by molar-refractivity contribution is 0.101. The predicted molar refractivity (Wildman–Crippen MR) is 79.7 cm³/mol. The van der Waals surface area contributed by atoms with E-state index in [0.717, 1.165) is 12.1 Å². The van der Waals surface area contributed by atoms with Gasteiger partial charge in [-0.1, -0.05) is 0 Å². The molecular weight excluding hydrogens is 328 g/mol. The lowest BCUT2D eigenvalue weighted by Gasteiger charge is -2.15. The quantitative estimate of drug-likeness (QED) is 0.648. The Morgan fingerprint density at radius 1 is 1.26 bits per heavy atom. The van der Waals surface area contributed by atoms with Gasteiger partial charge in [-0.2, -0.15) is 0 Å². The Balaban J connectivity index is 2.26. The first kappa shape index (κ1) is 17.0. The van der Waals surface area contributed by atoms with E-state index in [-0.39, 0.29) is 23.8 Å². The molecule has 2 aromatic carbocycles. The number of Topliss-reactive ketones (excluding diaryl/α,β-unsaturated/α-hetero) is 1. The van der Waals surface area contributed by atoms with Gasteiger partial charge in [0.1, 0.15) is 12.4 Å². The lowest BCUT2D eigenvalue weighted by atomic mass is 10.1. The van der Waals surface area contributed by atoms with Crippen LogP contribution >= 0.6 is 0 Å². The summed E-state index contributed by atoms with van der Waals surface area (Å²) in [7, 11) is 0. The molecule has 0 saturated carbocycles. The van der Waals surface area contributed by atoms with Crippen LogP contribution in [-0.4, -0.2) is 14.5 Å². The molecule has 0 aliphatic heterocycles. The fraction of sp³-hybridized carbons (Fsp3) is 0.133. The summed E-state index contributed by atoms with van der Waals surface area (Å²) in [4.78, 5) is 11.4. The molecule has 0 aliphatic rings. The Morgan fingerprint density at radius 2 is 2.00 bits per heavy atom. The number of carbonyl (C=O) groups excluding carboxylic acids is 1. The van der Waals surface area contributed by atoms with E-state index >= 15 is 0 Å². The number of rotatable bonds is 6. The van der Waals surface area contributed by atoms with Crippen LogP contribution in [0.15, 0.2) is 36.4 Å². The van der Waals surface area contributed by atoms with E-state index in [4.69, 9.17) is 4.74 Å². The van der Waals surface area contributed by atoms with Gasteiger partial charge in [-0.15, -0.1) is 0 Å². The minimum Gasteiger partial charge on any atom is -0.755 e. The minimum atomic E-state index is -2.56. The molecule has 0 heterocycles. The highest BCUT2D eigenvalue weighted by Gasteiger charge is 2.10. The molecule has 1 atom stereocenters. The van der Waals surface area contributed by atoms with Crippen molar-refractivity contribution in [3.8, 4) is 5.75 Å². The third kappa shape index (κ3) is 4.57. The summed E-state index contributed by atoms with van der Waals surface area (Å²) in [6.07, 6.45) is 0. The van der Waals surface area contributed by atoms with Crippen LogP contribution in [0.25, 0.3) is 0 Å². The molecular formula is C15H12F2NO4S-. The highest BCUT2D eigenvalue weighted by molar-refractivity contribution is 7.80. The third-order valence-electron chi connectivity index (χ3n) is 2.98. The number of carbonyl (C=O) groups is 1. The minimum absolute atomic E-state index is 0.186. The number of benzene rings is 2. The number of ketones is 1. The molecule has 0 amide bonds. The normalized spacial score (nSPS) is 11.8. The van der Waals surface area contributed by atoms with E-state index in [1.165, 1.54) is 25.1 Å². The van der Waals surface area contributed by atoms with Gasteiger partial charge in [-0.3, -0.25) is 9.00 Å². The molecule has 5 nitrogen and oxygen atoms in total. The summed E-state index contributed by atoms with van der Waals surface area (Å²) in [6, 6.07) is 7.15. The first-order valence-corrected chi connectivity index (χ1v) is 7.52. The van der Waals surface area contributed by atoms with Crippen LogP contribution in [0, 0.1) is 11.6 Å². The average Bonchev–Trinajstić information content (AvgIpc) is 2.46. The van der Waals surface area contributed by atoms with Crippen molar-refractivity contribution in [2.45, 2.75) is 13.5 Å². The monoisotopic (exact) mass is 340 g/mol. The smallest absolute Gasteiger partial charge is 0.167 e. The summed E-state index contributed by atoms with van der Waals surface area (Å²) in [5, 5.41) is 0. The molecule has 2 rings (SSSR count). The summed E-state index contributed by atoms with van der Waals surface area (Å²) in [6.45, 7) is 1.15. The number of nitrogens with one attached hydrogen (secondary N) is 1. The highest BCUT2D eigenvalue weighted by Crippen LogP contribution is 2.23. The molecule has 1 N–H and O–H groups in total. The largest absolute Gasteiger partial charge is 0.755 e. The Hall–Kier alpha value is -2.32. The molecule has 0 spiro atoms. The summed E-state index contributed by atoms with van der Waals surface area (Å²) in [5.74, 6) is -2.02. The molecule has 8 heteroatoms. The van der Waals surface area contributed by atoms with Gasteiger partial charge in [-0.25, -0.2) is 8.78 Å². The van der Waals surface area contributed by atoms with E-state index in [9.17, 15) is 22.3 Å². The van der Waals surface area contributed by atoms with Crippen LogP contribution in [0.5, 0.6) is 5.75 Å². The fourth-order valence-electron chi connectivity index (χ4n) is 1.87. The topological polar surface area (TPSA) is 78.5 Å². The van der Waals surface area contributed by atoms with E-state index in [1.807, 2.05) is 0 Å². The zero-order valence-electron chi connectivity index (χ0n) is 12.0. The molecule has 122 valence electrons. The van der Waals surface area contributed by atoms with Crippen molar-refractivity contribution in [3.63, 3.8) is 0 Å². The zero-order valence-corrected chi connectivity index (χ0v) is 12.8. The van der Waals surface area contributed by atoms with E-state index in [1.54, 1.807) is 0 Å². The molecule has 23 heavy (non-hydrogen) atoms. The number of anilines is 1. The van der Waals surface area contributed by atoms with Crippen LogP contribution in [0.2, 0.25) is 0 Å². The van der Waals surface area contributed by atoms with Crippen LogP contribution < -0.4 is 9.46 Å². The first-order chi connectivity index (χ1) is 10.9. The van der Waals surface area contributed by atoms with Crippen molar-refractivity contribution in [2.24, 2.45) is 0 Å². The van der Waals surface area contributed by atoms with Crippen molar-refractivity contribution in [3.05, 3.63) is 59.2 Å². The van der Waals surface area contributed by atoms with Crippen LogP contribution in [-0.2, 0) is 17.9 Å². The molecule has 0 radical (unpaired) electrons. The van der Waals surface area contributed by atoms with Gasteiger partial charge in [-0.05, 0) is 37.3 Å². The van der Waals surface area contributed by atoms with Gasteiger partial charge >= 0.3 is 0 Å². The van der Waals surface area contributed by atoms with Gasteiger partial charge in [0.25, 0.3) is 0 Å². The maximum Gasteiger partial charge on any atom is 0.167 e. The van der Waals surface area contributed by atoms with Crippen molar-refractivity contribution in [2.75, 3.05) is 4.72 Å². The molecule has 0 bridgehead atoms. The van der Waals surface area contributed by atoms with Crippen LogP contribution in [0.3, 0.4) is 0 Å². The molecule has 0 aromatic heterocycles. The summed E-state index contributed by atoms with van der Waals surface area (Å²) in [5.41, 5.74) is 0.891. The average molecular weight is 340 g/mol. The molecule has 0 saturated heterocycles. The maximum absolute atomic E-state index is 13.5. The zero-order chi connectivity index (χ0) is 17.0. The Kier molecular flexibility index (Phi) is 5.41. The van der Waals surface area contributed by atoms with Crippen molar-refractivity contribution >= 4 is 22.7 Å². The van der Waals surface area contributed by atoms with Gasteiger partial charge in [0.2, 0.25) is 0 Å². The number of hydrogen-bond acceptors (Lipinski definition) is 4. The van der Waals surface area contributed by atoms with E-state index in [0.29, 0.717) is 17.2 Å². The second-order valence-corrected chi connectivity index (χ2v) is 5.30. The SMILES string of the molecule is CC(=O)c1ccc(NS(=O)[O-])c(COc2ccc(F)cc2F)c1. The third-order valence-corrected chi connectivity index (χ3v) is 3.37. The van der Waals surface area contributed by atoms with Gasteiger partial charge < -0.3 is 14.0 Å². The number of hydrogen-bond donors (Lipinski definition) is 1. The van der Waals surface area contributed by atoms with Crippen LogP contribution in [0.1, 0.15) is 22.8 Å². The summed E-state index contributed by atoms with van der Waals surface area (Å²) < 4.78 is 55.4. The van der Waals surface area contributed by atoms with E-state index < -0.39 is 22.9 Å². The van der Waals surface area contributed by atoms with Crippen molar-refractivity contribution in [1.82, 2.24) is 0 Å². The second-order valence-electron chi connectivity index (χ2n) is 4.63. The molecule has 1 unspecified atom stereocenters. The number of halogens is 2. The molecule has 0 aliphatic carbocycles. The lowest BCUT2D eigenvalue weighted by Crippen LogP contribution is -2.08. The van der Waals surface area contributed by atoms with E-state index in [2.05, 4.69) is 4.72 Å². The first-order valence-electron chi connectivity index (χ1n) is 6.44. The predicted octanol–water partition coefficient (Wildman–Crippen LogP) is 2.95. The van der Waals surface area contributed by atoms with Gasteiger partial charge in [0.15, 0.2) is 17.3 Å². The van der Waals surface area contributed by atoms with Crippen LogP contribution in [0.4, 0.5) is 14.5 Å². The number of ether oxygens (including phenoxy) is 1. The van der Waals surface area contributed by atoms with Crippen molar-refractivity contribution in [1.29, 1.82) is 0 Å². The maximum atomic E-state index is 13.5. The molecule has 0 fully saturated rings. The van der Waals surface area contributed by atoms with Gasteiger partial charge in [0.05, 0.1) is 5.69 Å². The Bertz CT molecular complexity index is 767. The highest BCUT2D eigenvalue weighted by atomic mass is 32.2. The summed E-state index contributed by atoms with van der Waals surface area (Å²) >= 11 is -2.56. The Morgan fingerprint density at radius 3 is 2.61 bits per heavy atom. The fourth-order valence-corrected chi connectivity index (χ4v) is 2.25. The van der Waals surface area contributed by atoms with Gasteiger partial charge in [0, 0.05) is 28.5 Å². The molecule has 2 aromatic rings. The van der Waals surface area contributed by atoms with Crippen molar-refractivity contribution < 1.29 is 27.1 Å². The second kappa shape index (κ2) is 7.30. The standard InChI is InChI=1S/C15H13F2NO4S/c1-9(19)10-2-4-14(18-23(20)21)11(6-10)8-22-15-5-3-12(16)7-13(15)17/h2-7,18H,8H2,1H3,(H,20,21)/p-1.